The van der Waals surface area contributed by atoms with Gasteiger partial charge in [0, 0.05) is 41.2 Å². The molecule has 2 aromatic carbocycles. The van der Waals surface area contributed by atoms with Gasteiger partial charge in [-0.15, -0.1) is 0 Å². The van der Waals surface area contributed by atoms with E-state index in [1.54, 1.807) is 12.0 Å². The average Bonchev–Trinajstić information content (AvgIpc) is 3.27. The highest BCUT2D eigenvalue weighted by Gasteiger charge is 2.51. The Bertz CT molecular complexity index is 1220. The summed E-state index contributed by atoms with van der Waals surface area (Å²) < 4.78 is 10.8. The van der Waals surface area contributed by atoms with Crippen LogP contribution in [0.4, 0.5) is 0 Å². The number of aromatic amines is 1. The molecule has 1 N–H and O–H groups in total. The van der Waals surface area contributed by atoms with Crippen molar-refractivity contribution in [2.45, 2.75) is 38.4 Å². The fourth-order valence-corrected chi connectivity index (χ4v) is 5.63. The number of benzene rings is 2. The van der Waals surface area contributed by atoms with E-state index in [2.05, 4.69) is 9.88 Å². The second-order valence-electron chi connectivity index (χ2n) is 8.73. The van der Waals surface area contributed by atoms with Crippen molar-refractivity contribution in [2.24, 2.45) is 0 Å². The SMILES string of the molecule is COCCOc1ccc(C2c3[nH]c4ccc(Cl)cc4c3CC3C(=O)N(C(C)C)C(=S)N32)cc1. The maximum Gasteiger partial charge on any atom is 0.252 e. The van der Waals surface area contributed by atoms with Crippen molar-refractivity contribution >= 4 is 45.7 Å². The van der Waals surface area contributed by atoms with E-state index in [9.17, 15) is 4.79 Å². The highest BCUT2D eigenvalue weighted by Crippen LogP contribution is 2.45. The average molecular weight is 484 g/mol. The van der Waals surface area contributed by atoms with E-state index in [1.165, 1.54) is 0 Å². The van der Waals surface area contributed by atoms with E-state index in [-0.39, 0.29) is 24.0 Å². The first kappa shape index (κ1) is 22.2. The minimum absolute atomic E-state index is 0.00246. The molecule has 0 radical (unpaired) electrons. The lowest BCUT2D eigenvalue weighted by molar-refractivity contribution is -0.129. The lowest BCUT2D eigenvalue weighted by atomic mass is 9.89. The Hall–Kier alpha value is -2.61. The Morgan fingerprint density at radius 3 is 2.64 bits per heavy atom. The van der Waals surface area contributed by atoms with Crippen molar-refractivity contribution in [3.8, 4) is 5.75 Å². The second kappa shape index (κ2) is 8.63. The molecule has 2 aliphatic rings. The molecule has 0 bridgehead atoms. The zero-order valence-electron chi connectivity index (χ0n) is 18.8. The van der Waals surface area contributed by atoms with Crippen LogP contribution in [0.3, 0.4) is 0 Å². The predicted molar refractivity (Wildman–Crippen MR) is 133 cm³/mol. The first-order valence-electron chi connectivity index (χ1n) is 11.1. The molecule has 3 aromatic rings. The number of aromatic nitrogens is 1. The van der Waals surface area contributed by atoms with Gasteiger partial charge < -0.3 is 19.4 Å². The molecular weight excluding hydrogens is 458 g/mol. The van der Waals surface area contributed by atoms with Crippen LogP contribution >= 0.6 is 23.8 Å². The molecule has 0 spiro atoms. The van der Waals surface area contributed by atoms with E-state index < -0.39 is 0 Å². The smallest absolute Gasteiger partial charge is 0.252 e. The van der Waals surface area contributed by atoms with Crippen molar-refractivity contribution < 1.29 is 14.3 Å². The quantitative estimate of drug-likeness (QED) is 0.407. The van der Waals surface area contributed by atoms with Crippen molar-refractivity contribution in [3.63, 3.8) is 0 Å². The van der Waals surface area contributed by atoms with Gasteiger partial charge in [0.1, 0.15) is 18.4 Å². The zero-order valence-corrected chi connectivity index (χ0v) is 20.4. The van der Waals surface area contributed by atoms with Gasteiger partial charge in [-0.25, -0.2) is 0 Å². The van der Waals surface area contributed by atoms with Crippen molar-refractivity contribution in [1.82, 2.24) is 14.8 Å². The Labute approximate surface area is 203 Å². The Balaban J connectivity index is 1.61. The van der Waals surface area contributed by atoms with Crippen LogP contribution in [0.2, 0.25) is 5.02 Å². The molecule has 1 saturated heterocycles. The molecule has 1 aromatic heterocycles. The van der Waals surface area contributed by atoms with Gasteiger partial charge >= 0.3 is 0 Å². The van der Waals surface area contributed by atoms with Crippen LogP contribution < -0.4 is 4.74 Å². The van der Waals surface area contributed by atoms with Crippen LogP contribution in [0.1, 0.15) is 36.7 Å². The summed E-state index contributed by atoms with van der Waals surface area (Å²) in [6.45, 7) is 5.01. The number of ether oxygens (including phenoxy) is 2. The topological polar surface area (TPSA) is 57.8 Å². The number of hydrogen-bond acceptors (Lipinski definition) is 4. The predicted octanol–water partition coefficient (Wildman–Crippen LogP) is 4.70. The number of carbonyl (C=O) groups excluding carboxylic acids is 1. The molecule has 2 aliphatic heterocycles. The lowest BCUT2D eigenvalue weighted by Gasteiger charge is -2.37. The Morgan fingerprint density at radius 1 is 1.18 bits per heavy atom. The third kappa shape index (κ3) is 3.68. The highest BCUT2D eigenvalue weighted by molar-refractivity contribution is 7.80. The second-order valence-corrected chi connectivity index (χ2v) is 9.53. The van der Waals surface area contributed by atoms with Crippen LogP contribution in [0.5, 0.6) is 5.75 Å². The van der Waals surface area contributed by atoms with Gasteiger partial charge in [0.05, 0.1) is 12.6 Å². The number of nitrogens with zero attached hydrogens (tertiary/aromatic N) is 2. The molecule has 3 heterocycles. The van der Waals surface area contributed by atoms with Gasteiger partial charge in [-0.3, -0.25) is 9.69 Å². The number of carbonyl (C=O) groups is 1. The molecule has 0 aliphatic carbocycles. The normalized spacial score (nSPS) is 20.0. The van der Waals surface area contributed by atoms with Crippen LogP contribution in [0.25, 0.3) is 10.9 Å². The van der Waals surface area contributed by atoms with Crippen LogP contribution in [0, 0.1) is 0 Å². The monoisotopic (exact) mass is 483 g/mol. The summed E-state index contributed by atoms with van der Waals surface area (Å²) in [6.07, 6.45) is 0.590. The van der Waals surface area contributed by atoms with E-state index in [1.807, 2.05) is 56.3 Å². The van der Waals surface area contributed by atoms with Gasteiger partial charge in [0.2, 0.25) is 0 Å². The number of nitrogens with one attached hydrogen (secondary N) is 1. The van der Waals surface area contributed by atoms with Gasteiger partial charge in [-0.2, -0.15) is 0 Å². The molecular formula is C25H26ClN3O3S. The van der Waals surface area contributed by atoms with Crippen molar-refractivity contribution in [2.75, 3.05) is 20.3 Å². The molecule has 2 unspecified atom stereocenters. The van der Waals surface area contributed by atoms with Crippen LogP contribution in [-0.4, -0.2) is 58.2 Å². The third-order valence-corrected chi connectivity index (χ3v) is 7.05. The number of thiocarbonyl (C=S) groups is 1. The number of amides is 1. The number of hydrogen-bond donors (Lipinski definition) is 1. The van der Waals surface area contributed by atoms with Crippen LogP contribution in [0.15, 0.2) is 42.5 Å². The lowest BCUT2D eigenvalue weighted by Crippen LogP contribution is -2.44. The van der Waals surface area contributed by atoms with Gasteiger partial charge in [0.25, 0.3) is 5.91 Å². The maximum atomic E-state index is 13.4. The molecule has 172 valence electrons. The van der Waals surface area contributed by atoms with E-state index in [4.69, 9.17) is 33.3 Å². The third-order valence-electron chi connectivity index (χ3n) is 6.40. The standard InChI is InChI=1S/C25H26ClN3O3S/c1-14(2)28-24(30)21-13-19-18-12-16(26)6-9-20(18)27-22(19)23(29(21)25(28)33)15-4-7-17(8-5-15)32-11-10-31-3/h4-9,12,14,21,23,27H,10-11,13H2,1-3H3. The molecule has 8 heteroatoms. The summed E-state index contributed by atoms with van der Waals surface area (Å²) in [5.41, 5.74) is 4.23. The molecule has 33 heavy (non-hydrogen) atoms. The molecule has 6 nitrogen and oxygen atoms in total. The fraction of sp³-hybridized carbons (Fsp3) is 0.360. The molecule has 0 saturated carbocycles. The number of methoxy groups -OCH3 is 1. The fourth-order valence-electron chi connectivity index (χ4n) is 4.93. The molecule has 2 atom stereocenters. The summed E-state index contributed by atoms with van der Waals surface area (Å²) in [4.78, 5) is 20.9. The zero-order chi connectivity index (χ0) is 23.3. The van der Waals surface area contributed by atoms with E-state index in [0.717, 1.165) is 33.5 Å². The minimum atomic E-state index is -0.340. The van der Waals surface area contributed by atoms with E-state index >= 15 is 0 Å². The molecule has 1 amide bonds. The summed E-state index contributed by atoms with van der Waals surface area (Å²) in [6, 6.07) is 13.3. The van der Waals surface area contributed by atoms with Gasteiger partial charge in [0.15, 0.2) is 5.11 Å². The number of rotatable bonds is 6. The summed E-state index contributed by atoms with van der Waals surface area (Å²) in [5.74, 6) is 0.831. The maximum absolute atomic E-state index is 13.4. The van der Waals surface area contributed by atoms with E-state index in [0.29, 0.717) is 29.8 Å². The van der Waals surface area contributed by atoms with Crippen LogP contribution in [-0.2, 0) is 16.0 Å². The van der Waals surface area contributed by atoms with Gasteiger partial charge in [-0.05, 0) is 67.5 Å². The summed E-state index contributed by atoms with van der Waals surface area (Å²) in [7, 11) is 1.65. The Morgan fingerprint density at radius 2 is 1.94 bits per heavy atom. The summed E-state index contributed by atoms with van der Waals surface area (Å²) >= 11 is 12.2. The number of halogens is 1. The molecule has 5 rings (SSSR count). The Kier molecular flexibility index (Phi) is 5.80. The minimum Gasteiger partial charge on any atom is -0.491 e. The van der Waals surface area contributed by atoms with Crippen molar-refractivity contribution in [1.29, 1.82) is 0 Å². The summed E-state index contributed by atoms with van der Waals surface area (Å²) in [5, 5.41) is 2.31. The first-order valence-corrected chi connectivity index (χ1v) is 11.9. The number of fused-ring (bicyclic) bond motifs is 4. The number of H-pyrrole nitrogens is 1. The van der Waals surface area contributed by atoms with Crippen molar-refractivity contribution in [3.05, 3.63) is 64.3 Å². The highest BCUT2D eigenvalue weighted by atomic mass is 35.5. The first-order chi connectivity index (χ1) is 15.9. The molecule has 1 fully saturated rings. The largest absolute Gasteiger partial charge is 0.491 e. The van der Waals surface area contributed by atoms with Gasteiger partial charge in [-0.1, -0.05) is 23.7 Å².